The highest BCUT2D eigenvalue weighted by atomic mass is 35.5. The number of nitrogens with zero attached hydrogens (tertiary/aromatic N) is 1. The second kappa shape index (κ2) is 5.52. The van der Waals surface area contributed by atoms with Crippen LogP contribution in [-0.2, 0) is 0 Å². The van der Waals surface area contributed by atoms with E-state index >= 15 is 0 Å². The Balaban J connectivity index is 2.16. The van der Waals surface area contributed by atoms with Crippen LogP contribution < -0.4 is 10.5 Å². The van der Waals surface area contributed by atoms with Crippen LogP contribution in [0.4, 0.5) is 14.5 Å². The molecule has 98 valence electrons. The van der Waals surface area contributed by atoms with Crippen LogP contribution in [0.5, 0.6) is 5.75 Å². The molecule has 6 heteroatoms. The molecule has 0 aliphatic heterocycles. The lowest BCUT2D eigenvalue weighted by Gasteiger charge is -2.08. The van der Waals surface area contributed by atoms with Crippen molar-refractivity contribution in [3.05, 3.63) is 23.8 Å². The number of hydrogen-bond donors (Lipinski definition) is 1. The minimum absolute atomic E-state index is 0.00314. The van der Waals surface area contributed by atoms with Gasteiger partial charge in [0, 0.05) is 12.1 Å². The quantitative estimate of drug-likeness (QED) is 0.510. The maximum atomic E-state index is 13.6. The predicted molar refractivity (Wildman–Crippen MR) is 66.6 cm³/mol. The van der Waals surface area contributed by atoms with E-state index in [4.69, 9.17) is 22.1 Å². The summed E-state index contributed by atoms with van der Waals surface area (Å²) < 4.78 is 32.4. The topological polar surface area (TPSA) is 47.6 Å². The summed E-state index contributed by atoms with van der Waals surface area (Å²) in [5.41, 5.74) is 5.48. The van der Waals surface area contributed by atoms with Crippen molar-refractivity contribution in [3.63, 3.8) is 0 Å². The van der Waals surface area contributed by atoms with Crippen molar-refractivity contribution in [2.24, 2.45) is 16.6 Å². The summed E-state index contributed by atoms with van der Waals surface area (Å²) in [4.78, 5) is 3.77. The SMILES string of the molecule is NC(CCl)=Nc1cc(F)c(OCC2CC2)c(F)c1. The molecule has 1 saturated carbocycles. The van der Waals surface area contributed by atoms with Crippen molar-refractivity contribution in [1.82, 2.24) is 0 Å². The van der Waals surface area contributed by atoms with Crippen LogP contribution in [0.25, 0.3) is 0 Å². The van der Waals surface area contributed by atoms with Crippen molar-refractivity contribution in [3.8, 4) is 5.75 Å². The average Bonchev–Trinajstić information content (AvgIpc) is 3.11. The Labute approximate surface area is 109 Å². The standard InChI is InChI=1S/C12H13ClF2N2O/c13-5-11(16)17-8-3-9(14)12(10(15)4-8)18-6-7-1-2-7/h3-4,7H,1-2,5-6H2,(H2,16,17). The largest absolute Gasteiger partial charge is 0.487 e. The minimum Gasteiger partial charge on any atom is -0.487 e. The first-order valence-electron chi connectivity index (χ1n) is 5.61. The molecule has 2 rings (SSSR count). The number of amidine groups is 1. The zero-order valence-corrected chi connectivity index (χ0v) is 10.4. The molecular formula is C12H13ClF2N2O. The summed E-state index contributed by atoms with van der Waals surface area (Å²) in [5.74, 6) is -1.39. The lowest BCUT2D eigenvalue weighted by atomic mass is 10.2. The Bertz CT molecular complexity index is 452. The fourth-order valence-electron chi connectivity index (χ4n) is 1.43. The molecule has 3 nitrogen and oxygen atoms in total. The van der Waals surface area contributed by atoms with Crippen LogP contribution in [0, 0.1) is 17.6 Å². The van der Waals surface area contributed by atoms with Crippen molar-refractivity contribution in [2.45, 2.75) is 12.8 Å². The highest BCUT2D eigenvalue weighted by Crippen LogP contribution is 2.32. The van der Waals surface area contributed by atoms with E-state index in [0.717, 1.165) is 25.0 Å². The molecule has 0 heterocycles. The maximum Gasteiger partial charge on any atom is 0.190 e. The molecule has 1 aromatic rings. The van der Waals surface area contributed by atoms with Crippen molar-refractivity contribution in [2.75, 3.05) is 12.5 Å². The molecule has 0 unspecified atom stereocenters. The van der Waals surface area contributed by atoms with E-state index in [-0.39, 0.29) is 23.2 Å². The van der Waals surface area contributed by atoms with Gasteiger partial charge in [-0.2, -0.15) is 0 Å². The number of ether oxygens (including phenoxy) is 1. The Morgan fingerprint density at radius 1 is 1.39 bits per heavy atom. The summed E-state index contributed by atoms with van der Waals surface area (Å²) >= 11 is 5.44. The molecule has 1 aliphatic rings. The highest BCUT2D eigenvalue weighted by Gasteiger charge is 2.23. The van der Waals surface area contributed by atoms with Crippen LogP contribution in [0.3, 0.4) is 0 Å². The molecule has 18 heavy (non-hydrogen) atoms. The van der Waals surface area contributed by atoms with Gasteiger partial charge >= 0.3 is 0 Å². The van der Waals surface area contributed by atoms with Crippen molar-refractivity contribution >= 4 is 23.1 Å². The van der Waals surface area contributed by atoms with E-state index < -0.39 is 11.6 Å². The number of rotatable bonds is 5. The zero-order chi connectivity index (χ0) is 13.1. The van der Waals surface area contributed by atoms with E-state index in [1.54, 1.807) is 0 Å². The molecule has 1 fully saturated rings. The molecule has 0 atom stereocenters. The lowest BCUT2D eigenvalue weighted by Crippen LogP contribution is -2.12. The maximum absolute atomic E-state index is 13.6. The number of aliphatic imine (C=N–C) groups is 1. The smallest absolute Gasteiger partial charge is 0.190 e. The van der Waals surface area contributed by atoms with Gasteiger partial charge in [-0.15, -0.1) is 11.6 Å². The Morgan fingerprint density at radius 3 is 2.50 bits per heavy atom. The van der Waals surface area contributed by atoms with Gasteiger partial charge in [-0.05, 0) is 18.8 Å². The third-order valence-corrected chi connectivity index (χ3v) is 2.83. The van der Waals surface area contributed by atoms with Gasteiger partial charge < -0.3 is 10.5 Å². The zero-order valence-electron chi connectivity index (χ0n) is 9.63. The second-order valence-electron chi connectivity index (χ2n) is 4.23. The highest BCUT2D eigenvalue weighted by molar-refractivity contribution is 6.28. The van der Waals surface area contributed by atoms with Gasteiger partial charge in [0.15, 0.2) is 17.4 Å². The molecule has 0 bridgehead atoms. The Kier molecular flexibility index (Phi) is 4.01. The Hall–Kier alpha value is -1.36. The molecule has 1 aliphatic carbocycles. The fourth-order valence-corrected chi connectivity index (χ4v) is 1.49. The number of alkyl halides is 1. The van der Waals surface area contributed by atoms with E-state index in [1.807, 2.05) is 0 Å². The third-order valence-electron chi connectivity index (χ3n) is 2.55. The molecule has 2 N–H and O–H groups in total. The monoisotopic (exact) mass is 274 g/mol. The van der Waals surface area contributed by atoms with Gasteiger partial charge in [0.05, 0.1) is 18.2 Å². The first-order chi connectivity index (χ1) is 8.60. The normalized spacial score (nSPS) is 15.8. The number of halogens is 3. The van der Waals surface area contributed by atoms with Crippen LogP contribution in [-0.4, -0.2) is 18.3 Å². The molecule has 0 aromatic heterocycles. The van der Waals surface area contributed by atoms with Gasteiger partial charge in [-0.1, -0.05) is 0 Å². The first kappa shape index (κ1) is 13.1. The molecule has 1 aromatic carbocycles. The summed E-state index contributed by atoms with van der Waals surface area (Å²) in [5, 5.41) is 0. The van der Waals surface area contributed by atoms with Gasteiger partial charge in [-0.3, -0.25) is 0 Å². The van der Waals surface area contributed by atoms with Crippen LogP contribution in [0.1, 0.15) is 12.8 Å². The van der Waals surface area contributed by atoms with E-state index in [1.165, 1.54) is 0 Å². The van der Waals surface area contributed by atoms with Crippen molar-refractivity contribution in [1.29, 1.82) is 0 Å². The van der Waals surface area contributed by atoms with Crippen LogP contribution >= 0.6 is 11.6 Å². The minimum atomic E-state index is -0.781. The molecule has 0 spiro atoms. The predicted octanol–water partition coefficient (Wildman–Crippen LogP) is 2.98. The van der Waals surface area contributed by atoms with Gasteiger partial charge in [0.1, 0.15) is 5.84 Å². The summed E-state index contributed by atoms with van der Waals surface area (Å²) in [6.07, 6.45) is 2.11. The molecule has 0 radical (unpaired) electrons. The van der Waals surface area contributed by atoms with Crippen LogP contribution in [0.15, 0.2) is 17.1 Å². The third kappa shape index (κ3) is 3.32. The fraction of sp³-hybridized carbons (Fsp3) is 0.417. The lowest BCUT2D eigenvalue weighted by molar-refractivity contribution is 0.270. The van der Waals surface area contributed by atoms with Gasteiger partial charge in [-0.25, -0.2) is 13.8 Å². The summed E-state index contributed by atoms with van der Waals surface area (Å²) in [6.45, 7) is 0.347. The van der Waals surface area contributed by atoms with E-state index in [2.05, 4.69) is 4.99 Å². The van der Waals surface area contributed by atoms with E-state index in [9.17, 15) is 8.78 Å². The summed E-state index contributed by atoms with van der Waals surface area (Å²) in [6, 6.07) is 2.15. The first-order valence-corrected chi connectivity index (χ1v) is 6.14. The number of nitrogens with two attached hydrogens (primary N) is 1. The number of hydrogen-bond acceptors (Lipinski definition) is 2. The summed E-state index contributed by atoms with van der Waals surface area (Å²) in [7, 11) is 0. The second-order valence-corrected chi connectivity index (χ2v) is 4.50. The molecule has 0 amide bonds. The van der Waals surface area contributed by atoms with Gasteiger partial charge in [0.25, 0.3) is 0 Å². The Morgan fingerprint density at radius 2 is 2.00 bits per heavy atom. The average molecular weight is 275 g/mol. The van der Waals surface area contributed by atoms with Crippen LogP contribution in [0.2, 0.25) is 0 Å². The molecular weight excluding hydrogens is 262 g/mol. The van der Waals surface area contributed by atoms with Crippen molar-refractivity contribution < 1.29 is 13.5 Å². The van der Waals surface area contributed by atoms with E-state index in [0.29, 0.717) is 12.5 Å². The van der Waals surface area contributed by atoms with Gasteiger partial charge in [0.2, 0.25) is 0 Å². The molecule has 0 saturated heterocycles. The number of benzene rings is 1.